The highest BCUT2D eigenvalue weighted by Crippen LogP contribution is 2.18. The van der Waals surface area contributed by atoms with Crippen LogP contribution in [0.25, 0.3) is 0 Å². The maximum absolute atomic E-state index is 5.97. The molecule has 2 rings (SSSR count). The largest absolute Gasteiger partial charge is 0.385 e. The number of likely N-dealkylation sites (tertiary alicyclic amines) is 2. The van der Waals surface area contributed by atoms with Gasteiger partial charge in [0, 0.05) is 60.1 Å². The Morgan fingerprint density at radius 2 is 1.93 bits per heavy atom. The number of hydrogen-bond acceptors (Lipinski definition) is 4. The lowest BCUT2D eigenvalue weighted by molar-refractivity contribution is 0.00985. The van der Waals surface area contributed by atoms with Crippen molar-refractivity contribution in [2.45, 2.75) is 52.1 Å². The first kappa shape index (κ1) is 22.4. The van der Waals surface area contributed by atoms with E-state index in [9.17, 15) is 0 Å². The number of methoxy groups -OCH3 is 1. The summed E-state index contributed by atoms with van der Waals surface area (Å²) in [5.41, 5.74) is 0. The highest BCUT2D eigenvalue weighted by atomic mass is 16.5. The normalized spacial score (nSPS) is 23.2. The molecule has 0 spiro atoms. The Kier molecular flexibility index (Phi) is 10.5. The molecule has 0 aromatic heterocycles. The molecule has 2 aliphatic rings. The van der Waals surface area contributed by atoms with Gasteiger partial charge < -0.3 is 24.6 Å². The predicted molar refractivity (Wildman–Crippen MR) is 112 cm³/mol. The molecule has 0 saturated carbocycles. The highest BCUT2D eigenvalue weighted by molar-refractivity contribution is 5.79. The highest BCUT2D eigenvalue weighted by Gasteiger charge is 2.24. The van der Waals surface area contributed by atoms with Gasteiger partial charge in [0.2, 0.25) is 0 Å². The first-order chi connectivity index (χ1) is 13.1. The third kappa shape index (κ3) is 8.36. The molecule has 0 aromatic carbocycles. The summed E-state index contributed by atoms with van der Waals surface area (Å²) >= 11 is 0. The summed E-state index contributed by atoms with van der Waals surface area (Å²) in [6, 6.07) is 0. The van der Waals surface area contributed by atoms with Crippen LogP contribution in [0.3, 0.4) is 0 Å². The quantitative estimate of drug-likeness (QED) is 0.377. The van der Waals surface area contributed by atoms with Crippen LogP contribution in [0.5, 0.6) is 0 Å². The van der Waals surface area contributed by atoms with Crippen molar-refractivity contribution in [1.82, 2.24) is 15.1 Å². The Morgan fingerprint density at radius 3 is 2.59 bits per heavy atom. The van der Waals surface area contributed by atoms with Gasteiger partial charge in [-0.3, -0.25) is 4.99 Å². The van der Waals surface area contributed by atoms with Crippen molar-refractivity contribution < 1.29 is 9.47 Å². The van der Waals surface area contributed by atoms with Crippen LogP contribution in [-0.2, 0) is 9.47 Å². The van der Waals surface area contributed by atoms with Gasteiger partial charge in [0.15, 0.2) is 5.96 Å². The van der Waals surface area contributed by atoms with Crippen molar-refractivity contribution >= 4 is 5.96 Å². The van der Waals surface area contributed by atoms with Gasteiger partial charge in [0.05, 0.1) is 6.10 Å². The van der Waals surface area contributed by atoms with Crippen LogP contribution < -0.4 is 5.32 Å². The molecule has 0 radical (unpaired) electrons. The van der Waals surface area contributed by atoms with E-state index in [1.165, 1.54) is 32.5 Å². The van der Waals surface area contributed by atoms with Gasteiger partial charge >= 0.3 is 0 Å². The van der Waals surface area contributed by atoms with Crippen molar-refractivity contribution in [3.05, 3.63) is 0 Å². The molecule has 0 aliphatic carbocycles. The summed E-state index contributed by atoms with van der Waals surface area (Å²) in [7, 11) is 3.65. The fourth-order valence-corrected chi connectivity index (χ4v) is 4.26. The fourth-order valence-electron chi connectivity index (χ4n) is 4.26. The van der Waals surface area contributed by atoms with Gasteiger partial charge in [-0.15, -0.1) is 0 Å². The van der Waals surface area contributed by atoms with E-state index in [4.69, 9.17) is 9.47 Å². The van der Waals surface area contributed by atoms with Crippen molar-refractivity contribution in [2.75, 3.05) is 66.6 Å². The van der Waals surface area contributed by atoms with E-state index < -0.39 is 0 Å². The van der Waals surface area contributed by atoms with Crippen molar-refractivity contribution in [3.8, 4) is 0 Å². The number of hydrogen-bond donors (Lipinski definition) is 1. The summed E-state index contributed by atoms with van der Waals surface area (Å²) < 4.78 is 11.1. The van der Waals surface area contributed by atoms with E-state index in [0.717, 1.165) is 69.9 Å². The third-order valence-electron chi connectivity index (χ3n) is 5.57. The Labute approximate surface area is 166 Å². The number of piperidine rings is 2. The molecular formula is C21H42N4O2. The zero-order valence-electron chi connectivity index (χ0n) is 18.1. The first-order valence-electron chi connectivity index (χ1n) is 10.9. The second-order valence-corrected chi connectivity index (χ2v) is 8.49. The lowest BCUT2D eigenvalue weighted by atomic mass is 9.97. The lowest BCUT2D eigenvalue weighted by Crippen LogP contribution is -2.49. The molecule has 0 aromatic rings. The standard InChI is InChI=1S/C21H42N4O2/c1-18(2)16-24-10-5-7-19(17-24)15-23-21(22-3)25-11-8-20(9-12-25)27-14-6-13-26-4/h18-20H,5-17H2,1-4H3,(H,22,23). The average Bonchev–Trinajstić information content (AvgIpc) is 2.66. The molecule has 2 fully saturated rings. The molecule has 0 amide bonds. The summed E-state index contributed by atoms with van der Waals surface area (Å²) in [6.45, 7) is 13.0. The Hall–Kier alpha value is -0.850. The summed E-state index contributed by atoms with van der Waals surface area (Å²) in [4.78, 5) is 9.56. The number of nitrogens with one attached hydrogen (secondary N) is 1. The monoisotopic (exact) mass is 382 g/mol. The van der Waals surface area contributed by atoms with Crippen molar-refractivity contribution in [3.63, 3.8) is 0 Å². The molecule has 2 aliphatic heterocycles. The number of guanidine groups is 1. The van der Waals surface area contributed by atoms with E-state index in [0.29, 0.717) is 6.10 Å². The van der Waals surface area contributed by atoms with Crippen LogP contribution >= 0.6 is 0 Å². The Morgan fingerprint density at radius 1 is 1.15 bits per heavy atom. The maximum Gasteiger partial charge on any atom is 0.193 e. The fraction of sp³-hybridized carbons (Fsp3) is 0.952. The smallest absolute Gasteiger partial charge is 0.193 e. The van der Waals surface area contributed by atoms with Crippen LogP contribution in [0, 0.1) is 11.8 Å². The first-order valence-corrected chi connectivity index (χ1v) is 10.9. The topological polar surface area (TPSA) is 49.3 Å². The molecule has 0 bridgehead atoms. The van der Waals surface area contributed by atoms with Crippen LogP contribution in [0.4, 0.5) is 0 Å². The zero-order chi connectivity index (χ0) is 19.5. The molecular weight excluding hydrogens is 340 g/mol. The van der Waals surface area contributed by atoms with Crippen LogP contribution in [0.15, 0.2) is 4.99 Å². The Bertz CT molecular complexity index is 422. The maximum atomic E-state index is 5.97. The average molecular weight is 383 g/mol. The predicted octanol–water partition coefficient (Wildman–Crippen LogP) is 2.45. The minimum atomic E-state index is 0.388. The second-order valence-electron chi connectivity index (χ2n) is 8.49. The van der Waals surface area contributed by atoms with E-state index in [1.54, 1.807) is 7.11 Å². The third-order valence-corrected chi connectivity index (χ3v) is 5.57. The number of ether oxygens (including phenoxy) is 2. The molecule has 6 heteroatoms. The molecule has 27 heavy (non-hydrogen) atoms. The van der Waals surface area contributed by atoms with Gasteiger partial charge in [-0.1, -0.05) is 13.8 Å². The van der Waals surface area contributed by atoms with Gasteiger partial charge in [-0.05, 0) is 50.5 Å². The summed E-state index contributed by atoms with van der Waals surface area (Å²) in [5, 5.41) is 3.65. The molecule has 1 unspecified atom stereocenters. The minimum Gasteiger partial charge on any atom is -0.385 e. The minimum absolute atomic E-state index is 0.388. The van der Waals surface area contributed by atoms with Crippen LogP contribution in [0.2, 0.25) is 0 Å². The molecule has 1 atom stereocenters. The Balaban J connectivity index is 1.67. The molecule has 2 heterocycles. The van der Waals surface area contributed by atoms with Crippen molar-refractivity contribution in [2.24, 2.45) is 16.8 Å². The SMILES string of the molecule is CN=C(NCC1CCCN(CC(C)C)C1)N1CCC(OCCCOC)CC1. The zero-order valence-corrected chi connectivity index (χ0v) is 18.1. The molecule has 158 valence electrons. The van der Waals surface area contributed by atoms with Gasteiger partial charge in [-0.25, -0.2) is 0 Å². The van der Waals surface area contributed by atoms with Gasteiger partial charge in [-0.2, -0.15) is 0 Å². The van der Waals surface area contributed by atoms with E-state index in [1.807, 2.05) is 7.05 Å². The second kappa shape index (κ2) is 12.6. The molecule has 1 N–H and O–H groups in total. The summed E-state index contributed by atoms with van der Waals surface area (Å²) in [5.74, 6) is 2.55. The van der Waals surface area contributed by atoms with Crippen LogP contribution in [-0.4, -0.2) is 88.5 Å². The number of aliphatic imine (C=N–C) groups is 1. The van der Waals surface area contributed by atoms with E-state index in [-0.39, 0.29) is 0 Å². The number of nitrogens with zero attached hydrogens (tertiary/aromatic N) is 3. The van der Waals surface area contributed by atoms with Gasteiger partial charge in [0.1, 0.15) is 0 Å². The molecule has 6 nitrogen and oxygen atoms in total. The van der Waals surface area contributed by atoms with Crippen molar-refractivity contribution in [1.29, 1.82) is 0 Å². The molecule has 2 saturated heterocycles. The van der Waals surface area contributed by atoms with Gasteiger partial charge in [0.25, 0.3) is 0 Å². The number of rotatable bonds is 9. The van der Waals surface area contributed by atoms with E-state index >= 15 is 0 Å². The lowest BCUT2D eigenvalue weighted by Gasteiger charge is -2.36. The van der Waals surface area contributed by atoms with Crippen LogP contribution in [0.1, 0.15) is 46.0 Å². The summed E-state index contributed by atoms with van der Waals surface area (Å²) in [6.07, 6.45) is 6.19. The van der Waals surface area contributed by atoms with E-state index in [2.05, 4.69) is 34.0 Å².